The van der Waals surface area contributed by atoms with Crippen molar-refractivity contribution in [3.8, 4) is 0 Å². The van der Waals surface area contributed by atoms with E-state index >= 15 is 0 Å². The Morgan fingerprint density at radius 1 is 1.00 bits per heavy atom. The van der Waals surface area contributed by atoms with Gasteiger partial charge in [0.25, 0.3) is 0 Å². The second-order valence-electron chi connectivity index (χ2n) is 3.97. The number of rotatable bonds is 10. The van der Waals surface area contributed by atoms with Crippen LogP contribution in [0.1, 0.15) is 32.6 Å². The Bertz CT molecular complexity index is 220. The van der Waals surface area contributed by atoms with Gasteiger partial charge >= 0.3 is 8.80 Å². The van der Waals surface area contributed by atoms with Crippen molar-refractivity contribution in [2.75, 3.05) is 34.0 Å². The average Bonchev–Trinajstić information content (AvgIpc) is 2.41. The SMILES string of the molecule is CCCCCCNC(=S)NC[Si](OC)(OC)OC. The molecule has 0 bridgehead atoms. The molecule has 108 valence electrons. The summed E-state index contributed by atoms with van der Waals surface area (Å²) in [6, 6.07) is 0. The lowest BCUT2D eigenvalue weighted by Gasteiger charge is -2.25. The molecule has 0 radical (unpaired) electrons. The quantitative estimate of drug-likeness (QED) is 0.361. The summed E-state index contributed by atoms with van der Waals surface area (Å²) < 4.78 is 15.9. The highest BCUT2D eigenvalue weighted by Gasteiger charge is 2.37. The minimum Gasteiger partial charge on any atom is -0.376 e. The van der Waals surface area contributed by atoms with Gasteiger partial charge in [-0.1, -0.05) is 26.2 Å². The molecule has 0 aromatic carbocycles. The lowest BCUT2D eigenvalue weighted by Crippen LogP contribution is -2.54. The first-order valence-corrected chi connectivity index (χ1v) is 8.65. The Morgan fingerprint density at radius 2 is 1.61 bits per heavy atom. The number of nitrogens with one attached hydrogen (secondary N) is 2. The Hall–Kier alpha value is -0.213. The Balaban J connectivity index is 3.74. The second-order valence-corrected chi connectivity index (χ2v) is 7.32. The predicted octanol–water partition coefficient (Wildman–Crippen LogP) is 1.45. The molecule has 0 saturated heterocycles. The van der Waals surface area contributed by atoms with Gasteiger partial charge in [0.2, 0.25) is 0 Å². The molecule has 0 rings (SSSR count). The standard InChI is InChI=1S/C11H26N2O3SSi/c1-5-6-7-8-9-12-11(17)13-10-18(14-2,15-3)16-4/h5-10H2,1-4H3,(H2,12,13,17). The van der Waals surface area contributed by atoms with E-state index in [9.17, 15) is 0 Å². The van der Waals surface area contributed by atoms with Crippen LogP contribution in [0, 0.1) is 0 Å². The summed E-state index contributed by atoms with van der Waals surface area (Å²) in [6.07, 6.45) is 5.36. The Morgan fingerprint density at radius 3 is 2.11 bits per heavy atom. The maximum Gasteiger partial charge on any atom is 0.520 e. The van der Waals surface area contributed by atoms with Crippen molar-refractivity contribution in [1.29, 1.82) is 0 Å². The molecule has 5 nitrogen and oxygen atoms in total. The molecule has 7 heteroatoms. The predicted molar refractivity (Wildman–Crippen MR) is 79.5 cm³/mol. The van der Waals surface area contributed by atoms with Crippen LogP contribution in [-0.2, 0) is 13.3 Å². The summed E-state index contributed by atoms with van der Waals surface area (Å²) >= 11 is 5.18. The van der Waals surface area contributed by atoms with Crippen molar-refractivity contribution in [3.05, 3.63) is 0 Å². The zero-order valence-corrected chi connectivity index (χ0v) is 13.7. The van der Waals surface area contributed by atoms with Crippen molar-refractivity contribution in [2.24, 2.45) is 0 Å². The van der Waals surface area contributed by atoms with Crippen LogP contribution in [0.25, 0.3) is 0 Å². The van der Waals surface area contributed by atoms with E-state index in [2.05, 4.69) is 17.6 Å². The highest BCUT2D eigenvalue weighted by molar-refractivity contribution is 7.80. The van der Waals surface area contributed by atoms with Gasteiger partial charge in [0.1, 0.15) is 0 Å². The fourth-order valence-electron chi connectivity index (χ4n) is 1.47. The van der Waals surface area contributed by atoms with Gasteiger partial charge in [-0.05, 0) is 18.6 Å². The van der Waals surface area contributed by atoms with Crippen LogP contribution in [0.5, 0.6) is 0 Å². The van der Waals surface area contributed by atoms with E-state index in [1.165, 1.54) is 19.3 Å². The summed E-state index contributed by atoms with van der Waals surface area (Å²) in [4.78, 5) is 0. The summed E-state index contributed by atoms with van der Waals surface area (Å²) in [6.45, 7) is 3.09. The van der Waals surface area contributed by atoms with Crippen molar-refractivity contribution < 1.29 is 13.3 Å². The molecule has 0 heterocycles. The number of hydrogen-bond acceptors (Lipinski definition) is 4. The van der Waals surface area contributed by atoms with Crippen LogP contribution in [0.15, 0.2) is 0 Å². The molecule has 0 fully saturated rings. The molecule has 0 aliphatic rings. The van der Waals surface area contributed by atoms with Crippen LogP contribution < -0.4 is 10.6 Å². The lowest BCUT2D eigenvalue weighted by atomic mass is 10.2. The highest BCUT2D eigenvalue weighted by atomic mass is 32.1. The molecule has 0 aliphatic carbocycles. The average molecular weight is 294 g/mol. The molecular weight excluding hydrogens is 268 g/mol. The fraction of sp³-hybridized carbons (Fsp3) is 0.909. The van der Waals surface area contributed by atoms with Gasteiger partial charge in [-0.3, -0.25) is 0 Å². The van der Waals surface area contributed by atoms with E-state index in [4.69, 9.17) is 25.5 Å². The van der Waals surface area contributed by atoms with Crippen molar-refractivity contribution in [2.45, 2.75) is 32.6 Å². The first-order valence-electron chi connectivity index (χ1n) is 6.31. The summed E-state index contributed by atoms with van der Waals surface area (Å²) in [7, 11) is 2.18. The Labute approximate surface area is 117 Å². The molecule has 0 aliphatic heterocycles. The molecule has 0 atom stereocenters. The first-order chi connectivity index (χ1) is 8.64. The van der Waals surface area contributed by atoms with Gasteiger partial charge in [0.05, 0.1) is 6.17 Å². The minimum atomic E-state index is -2.58. The summed E-state index contributed by atoms with van der Waals surface area (Å²) in [5, 5.41) is 6.86. The third-order valence-electron chi connectivity index (χ3n) is 2.71. The van der Waals surface area contributed by atoms with Crippen molar-refractivity contribution in [3.63, 3.8) is 0 Å². The summed E-state index contributed by atoms with van der Waals surface area (Å²) in [5.74, 6) is 0. The molecule has 0 amide bonds. The van der Waals surface area contributed by atoms with E-state index < -0.39 is 8.80 Å². The second kappa shape index (κ2) is 10.7. The van der Waals surface area contributed by atoms with Gasteiger partial charge in [0.15, 0.2) is 5.11 Å². The fourth-order valence-corrected chi connectivity index (χ4v) is 3.10. The smallest absolute Gasteiger partial charge is 0.376 e. The van der Waals surface area contributed by atoms with Crippen LogP contribution in [-0.4, -0.2) is 48.0 Å². The number of unbranched alkanes of at least 4 members (excludes halogenated alkanes) is 3. The van der Waals surface area contributed by atoms with Gasteiger partial charge in [-0.2, -0.15) is 0 Å². The van der Waals surface area contributed by atoms with Gasteiger partial charge in [-0.25, -0.2) is 0 Å². The topological polar surface area (TPSA) is 51.8 Å². The molecule has 18 heavy (non-hydrogen) atoms. The van der Waals surface area contributed by atoms with Crippen LogP contribution in [0.3, 0.4) is 0 Å². The van der Waals surface area contributed by atoms with E-state index in [0.29, 0.717) is 11.3 Å². The van der Waals surface area contributed by atoms with Crippen LogP contribution in [0.2, 0.25) is 0 Å². The monoisotopic (exact) mass is 294 g/mol. The maximum absolute atomic E-state index is 5.29. The van der Waals surface area contributed by atoms with E-state index in [1.54, 1.807) is 21.3 Å². The Kier molecular flexibility index (Phi) is 10.6. The first kappa shape index (κ1) is 17.8. The third-order valence-corrected chi connectivity index (χ3v) is 5.48. The molecule has 0 saturated carbocycles. The van der Waals surface area contributed by atoms with Gasteiger partial charge in [0, 0.05) is 27.9 Å². The van der Waals surface area contributed by atoms with E-state index in [0.717, 1.165) is 13.0 Å². The zero-order chi connectivity index (χ0) is 13.9. The summed E-state index contributed by atoms with van der Waals surface area (Å²) in [5.41, 5.74) is 0. The molecular formula is C11H26N2O3SSi. The number of thiocarbonyl (C=S) groups is 1. The van der Waals surface area contributed by atoms with E-state index in [1.807, 2.05) is 0 Å². The molecule has 0 spiro atoms. The van der Waals surface area contributed by atoms with Crippen LogP contribution in [0.4, 0.5) is 0 Å². The maximum atomic E-state index is 5.29. The minimum absolute atomic E-state index is 0.470. The zero-order valence-electron chi connectivity index (χ0n) is 11.9. The van der Waals surface area contributed by atoms with Crippen molar-refractivity contribution >= 4 is 26.1 Å². The van der Waals surface area contributed by atoms with Crippen LogP contribution >= 0.6 is 12.2 Å². The number of hydrogen-bond donors (Lipinski definition) is 2. The van der Waals surface area contributed by atoms with Crippen molar-refractivity contribution in [1.82, 2.24) is 10.6 Å². The highest BCUT2D eigenvalue weighted by Crippen LogP contribution is 2.03. The third kappa shape index (κ3) is 7.27. The lowest BCUT2D eigenvalue weighted by molar-refractivity contribution is 0.124. The van der Waals surface area contributed by atoms with E-state index in [-0.39, 0.29) is 0 Å². The normalized spacial score (nSPS) is 11.3. The molecule has 2 N–H and O–H groups in total. The molecule has 0 aromatic rings. The van der Waals surface area contributed by atoms with Gasteiger partial charge < -0.3 is 23.9 Å². The molecule has 0 unspecified atom stereocenters. The molecule has 0 aromatic heterocycles. The largest absolute Gasteiger partial charge is 0.520 e. The van der Waals surface area contributed by atoms with Gasteiger partial charge in [-0.15, -0.1) is 0 Å².